The smallest absolute Gasteiger partial charge is 0.273 e. The van der Waals surface area contributed by atoms with Crippen molar-refractivity contribution < 1.29 is 4.74 Å². The van der Waals surface area contributed by atoms with Gasteiger partial charge in [0.05, 0.1) is 19.5 Å². The van der Waals surface area contributed by atoms with Crippen LogP contribution in [0.5, 0.6) is 5.75 Å². The van der Waals surface area contributed by atoms with Crippen LogP contribution >= 0.6 is 0 Å². The molecule has 1 fully saturated rings. The Kier molecular flexibility index (Phi) is 5.88. The van der Waals surface area contributed by atoms with Crippen molar-refractivity contribution >= 4 is 5.69 Å². The van der Waals surface area contributed by atoms with E-state index in [0.29, 0.717) is 24.2 Å². The van der Waals surface area contributed by atoms with Gasteiger partial charge in [-0.05, 0) is 56.2 Å². The summed E-state index contributed by atoms with van der Waals surface area (Å²) in [6.45, 7) is 2.63. The first-order valence-corrected chi connectivity index (χ1v) is 10.6. The number of nitrogens with zero attached hydrogens (tertiary/aromatic N) is 4. The van der Waals surface area contributed by atoms with E-state index in [4.69, 9.17) is 4.74 Å². The van der Waals surface area contributed by atoms with Gasteiger partial charge in [0.15, 0.2) is 0 Å². The quantitative estimate of drug-likeness (QED) is 0.673. The number of ether oxygens (including phenoxy) is 1. The number of aromatic nitrogens is 4. The monoisotopic (exact) mass is 407 g/mol. The van der Waals surface area contributed by atoms with Crippen LogP contribution in [0.15, 0.2) is 47.9 Å². The van der Waals surface area contributed by atoms with Crippen LogP contribution < -0.4 is 15.6 Å². The molecule has 3 heterocycles. The summed E-state index contributed by atoms with van der Waals surface area (Å²) in [4.78, 5) is 17.2. The molecule has 4 rings (SSSR count). The van der Waals surface area contributed by atoms with Gasteiger partial charge >= 0.3 is 0 Å². The molecule has 1 aliphatic rings. The van der Waals surface area contributed by atoms with Crippen LogP contribution in [0.4, 0.5) is 5.69 Å². The van der Waals surface area contributed by atoms with E-state index < -0.39 is 0 Å². The zero-order valence-electron chi connectivity index (χ0n) is 17.8. The highest BCUT2D eigenvalue weighted by Crippen LogP contribution is 2.34. The molecule has 7 nitrogen and oxygen atoms in total. The van der Waals surface area contributed by atoms with Crippen LogP contribution in [0.1, 0.15) is 44.1 Å². The van der Waals surface area contributed by atoms with E-state index in [-0.39, 0.29) is 5.56 Å². The zero-order chi connectivity index (χ0) is 21.1. The van der Waals surface area contributed by atoms with Crippen molar-refractivity contribution in [3.8, 4) is 16.9 Å². The Morgan fingerprint density at radius 1 is 1.10 bits per heavy atom. The lowest BCUT2D eigenvalue weighted by Crippen LogP contribution is -2.30. The van der Waals surface area contributed by atoms with Crippen molar-refractivity contribution in [1.82, 2.24) is 19.3 Å². The number of methoxy groups -OCH3 is 1. The summed E-state index contributed by atoms with van der Waals surface area (Å²) in [6, 6.07) is 4.34. The van der Waals surface area contributed by atoms with E-state index in [1.54, 1.807) is 22.6 Å². The van der Waals surface area contributed by atoms with Gasteiger partial charge in [0.1, 0.15) is 11.4 Å². The summed E-state index contributed by atoms with van der Waals surface area (Å²) in [5.41, 5.74) is 3.95. The number of rotatable bonds is 6. The van der Waals surface area contributed by atoms with Crippen LogP contribution in [-0.2, 0) is 13.6 Å². The Bertz CT molecular complexity index is 1060. The maximum Gasteiger partial charge on any atom is 0.273 e. The second-order valence-electron chi connectivity index (χ2n) is 7.99. The molecule has 1 N–H and O–H groups in total. The van der Waals surface area contributed by atoms with E-state index in [2.05, 4.69) is 21.5 Å². The second kappa shape index (κ2) is 8.73. The van der Waals surface area contributed by atoms with Gasteiger partial charge < -0.3 is 14.6 Å². The number of aryl methyl sites for hydroxylation is 2. The Labute approximate surface area is 176 Å². The lowest BCUT2D eigenvalue weighted by atomic mass is 9.82. The molecule has 1 aliphatic carbocycles. The predicted molar refractivity (Wildman–Crippen MR) is 118 cm³/mol. The minimum Gasteiger partial charge on any atom is -0.495 e. The first-order valence-electron chi connectivity index (χ1n) is 10.6. The molecule has 158 valence electrons. The van der Waals surface area contributed by atoms with E-state index in [9.17, 15) is 4.79 Å². The fraction of sp³-hybridized carbons (Fsp3) is 0.435. The SMILES string of the molecule is CCn1cc(-c2cnn(C)c2)cc(N[C@H]2CC[C@@H](c3cncc(OC)c3)CC2)c1=O. The topological polar surface area (TPSA) is 74.0 Å². The average Bonchev–Trinajstić information content (AvgIpc) is 3.22. The molecule has 0 saturated heterocycles. The highest BCUT2D eigenvalue weighted by Gasteiger charge is 2.24. The summed E-state index contributed by atoms with van der Waals surface area (Å²) < 4.78 is 8.85. The molecule has 3 aromatic rings. The molecule has 0 aliphatic heterocycles. The molecule has 3 aromatic heterocycles. The van der Waals surface area contributed by atoms with Crippen molar-refractivity contribution in [3.05, 3.63) is 59.0 Å². The van der Waals surface area contributed by atoms with Crippen molar-refractivity contribution in [2.75, 3.05) is 12.4 Å². The third kappa shape index (κ3) is 4.25. The molecule has 30 heavy (non-hydrogen) atoms. The lowest BCUT2D eigenvalue weighted by Gasteiger charge is -2.30. The van der Waals surface area contributed by atoms with Gasteiger partial charge in [0.25, 0.3) is 5.56 Å². The minimum absolute atomic E-state index is 0.0317. The van der Waals surface area contributed by atoms with Crippen molar-refractivity contribution in [2.45, 2.75) is 51.1 Å². The Morgan fingerprint density at radius 3 is 2.57 bits per heavy atom. The van der Waals surface area contributed by atoms with E-state index in [0.717, 1.165) is 42.6 Å². The van der Waals surface area contributed by atoms with Crippen molar-refractivity contribution in [2.24, 2.45) is 7.05 Å². The number of hydrogen-bond acceptors (Lipinski definition) is 5. The summed E-state index contributed by atoms with van der Waals surface area (Å²) in [6.07, 6.45) is 13.6. The molecule has 0 aromatic carbocycles. The fourth-order valence-corrected chi connectivity index (χ4v) is 4.26. The van der Waals surface area contributed by atoms with Gasteiger partial charge in [-0.3, -0.25) is 14.5 Å². The van der Waals surface area contributed by atoms with E-state index >= 15 is 0 Å². The third-order valence-corrected chi connectivity index (χ3v) is 5.99. The van der Waals surface area contributed by atoms with Gasteiger partial charge in [0.2, 0.25) is 0 Å². The van der Waals surface area contributed by atoms with Crippen LogP contribution in [-0.4, -0.2) is 32.5 Å². The largest absolute Gasteiger partial charge is 0.495 e. The average molecular weight is 408 g/mol. The molecule has 0 radical (unpaired) electrons. The summed E-state index contributed by atoms with van der Waals surface area (Å²) in [7, 11) is 3.57. The standard InChI is InChI=1S/C23H29N5O2/c1-4-28-15-18(19-12-25-27(2)14-19)10-22(23(28)29)26-20-7-5-16(6-8-20)17-9-21(30-3)13-24-11-17/h9-16,20,26H,4-8H2,1-3H3/t16-,20+. The number of hydrogen-bond donors (Lipinski definition) is 1. The number of anilines is 1. The van der Waals surface area contributed by atoms with Crippen LogP contribution in [0, 0.1) is 0 Å². The Hall–Kier alpha value is -3.09. The van der Waals surface area contributed by atoms with Crippen LogP contribution in [0.25, 0.3) is 11.1 Å². The van der Waals surface area contributed by atoms with Crippen LogP contribution in [0.3, 0.4) is 0 Å². The first kappa shape index (κ1) is 20.2. The minimum atomic E-state index is 0.0317. The fourth-order valence-electron chi connectivity index (χ4n) is 4.26. The molecule has 7 heteroatoms. The molecule has 0 spiro atoms. The van der Waals surface area contributed by atoms with Crippen molar-refractivity contribution in [3.63, 3.8) is 0 Å². The van der Waals surface area contributed by atoms with E-state index in [1.807, 2.05) is 44.8 Å². The molecule has 0 unspecified atom stereocenters. The lowest BCUT2D eigenvalue weighted by molar-refractivity contribution is 0.399. The number of pyridine rings is 2. The highest BCUT2D eigenvalue weighted by molar-refractivity contribution is 5.65. The molecular formula is C23H29N5O2. The first-order chi connectivity index (χ1) is 14.6. The summed E-state index contributed by atoms with van der Waals surface area (Å²) >= 11 is 0. The predicted octanol–water partition coefficient (Wildman–Crippen LogP) is 3.81. The third-order valence-electron chi connectivity index (χ3n) is 5.99. The van der Waals surface area contributed by atoms with Gasteiger partial charge in [-0.25, -0.2) is 0 Å². The normalized spacial score (nSPS) is 18.9. The summed E-state index contributed by atoms with van der Waals surface area (Å²) in [5, 5.41) is 7.80. The van der Waals surface area contributed by atoms with Gasteiger partial charge in [-0.2, -0.15) is 5.10 Å². The highest BCUT2D eigenvalue weighted by atomic mass is 16.5. The van der Waals surface area contributed by atoms with Crippen LogP contribution in [0.2, 0.25) is 0 Å². The van der Waals surface area contributed by atoms with Gasteiger partial charge in [-0.1, -0.05) is 0 Å². The van der Waals surface area contributed by atoms with E-state index in [1.165, 1.54) is 5.56 Å². The number of nitrogens with one attached hydrogen (secondary N) is 1. The maximum absolute atomic E-state index is 12.9. The van der Waals surface area contributed by atoms with Gasteiger partial charge in [-0.15, -0.1) is 0 Å². The molecule has 0 amide bonds. The molecule has 1 saturated carbocycles. The molecular weight excluding hydrogens is 378 g/mol. The zero-order valence-corrected chi connectivity index (χ0v) is 17.8. The molecule has 0 bridgehead atoms. The van der Waals surface area contributed by atoms with Gasteiger partial charge in [0, 0.05) is 49.4 Å². The molecule has 0 atom stereocenters. The summed E-state index contributed by atoms with van der Waals surface area (Å²) in [5.74, 6) is 1.29. The van der Waals surface area contributed by atoms with Crippen molar-refractivity contribution in [1.29, 1.82) is 0 Å². The second-order valence-corrected chi connectivity index (χ2v) is 7.99. The Balaban J connectivity index is 1.49. The maximum atomic E-state index is 12.9. The Morgan fingerprint density at radius 2 is 1.90 bits per heavy atom.